The third-order valence-corrected chi connectivity index (χ3v) is 3.39. The molecule has 0 bridgehead atoms. The first kappa shape index (κ1) is 17.8. The van der Waals surface area contributed by atoms with E-state index in [1.807, 2.05) is 6.08 Å². The summed E-state index contributed by atoms with van der Waals surface area (Å²) in [7, 11) is 0. The fraction of sp³-hybridized carbons (Fsp3) is 0.579. The number of allylic oxidation sites excluding steroid dienone is 1. The van der Waals surface area contributed by atoms with Crippen LogP contribution in [0.25, 0.3) is 0 Å². The Morgan fingerprint density at radius 2 is 2.05 bits per heavy atom. The average molecular weight is 289 g/mol. The van der Waals surface area contributed by atoms with E-state index in [4.69, 9.17) is 4.74 Å². The number of rotatable bonds is 11. The number of aryl methyl sites for hydroxylation is 1. The third kappa shape index (κ3) is 7.91. The van der Waals surface area contributed by atoms with Crippen molar-refractivity contribution in [3.63, 3.8) is 0 Å². The Balaban J connectivity index is 2.42. The van der Waals surface area contributed by atoms with Crippen molar-refractivity contribution in [1.82, 2.24) is 5.32 Å². The molecule has 0 amide bonds. The number of hydrogen-bond acceptors (Lipinski definition) is 2. The molecule has 0 aliphatic carbocycles. The highest BCUT2D eigenvalue weighted by atomic mass is 16.5. The lowest BCUT2D eigenvalue weighted by molar-refractivity contribution is 0.301. The van der Waals surface area contributed by atoms with Crippen molar-refractivity contribution >= 4 is 0 Å². The molecule has 2 nitrogen and oxygen atoms in total. The summed E-state index contributed by atoms with van der Waals surface area (Å²) < 4.78 is 5.96. The molecule has 1 N–H and O–H groups in total. The van der Waals surface area contributed by atoms with Crippen molar-refractivity contribution in [1.29, 1.82) is 0 Å². The third-order valence-electron chi connectivity index (χ3n) is 3.39. The smallest absolute Gasteiger partial charge is 0.123 e. The average Bonchev–Trinajstić information content (AvgIpc) is 2.44. The van der Waals surface area contributed by atoms with Crippen LogP contribution in [0, 0.1) is 12.8 Å². The van der Waals surface area contributed by atoms with Gasteiger partial charge in [0.25, 0.3) is 0 Å². The van der Waals surface area contributed by atoms with Crippen molar-refractivity contribution in [3.05, 3.63) is 42.0 Å². The highest BCUT2D eigenvalue weighted by molar-refractivity contribution is 5.36. The summed E-state index contributed by atoms with van der Waals surface area (Å²) in [4.78, 5) is 0. The summed E-state index contributed by atoms with van der Waals surface area (Å²) in [5.74, 6) is 1.70. The van der Waals surface area contributed by atoms with Crippen molar-refractivity contribution in [3.8, 4) is 5.75 Å². The summed E-state index contributed by atoms with van der Waals surface area (Å²) in [5, 5.41) is 3.50. The van der Waals surface area contributed by atoms with Gasteiger partial charge in [0.05, 0.1) is 6.61 Å². The van der Waals surface area contributed by atoms with Crippen LogP contribution in [0.15, 0.2) is 30.9 Å². The Morgan fingerprint density at radius 3 is 2.76 bits per heavy atom. The summed E-state index contributed by atoms with van der Waals surface area (Å²) in [6, 6.07) is 6.45. The summed E-state index contributed by atoms with van der Waals surface area (Å²) in [6.07, 6.45) is 6.62. The molecule has 0 aliphatic rings. The monoisotopic (exact) mass is 289 g/mol. The van der Waals surface area contributed by atoms with Crippen LogP contribution in [0.2, 0.25) is 0 Å². The first-order valence-electron chi connectivity index (χ1n) is 8.17. The molecule has 1 rings (SSSR count). The molecule has 118 valence electrons. The van der Waals surface area contributed by atoms with E-state index < -0.39 is 0 Å². The quantitative estimate of drug-likeness (QED) is 0.464. The molecule has 0 saturated carbocycles. The molecule has 0 aromatic heterocycles. The van der Waals surface area contributed by atoms with E-state index >= 15 is 0 Å². The zero-order chi connectivity index (χ0) is 15.5. The van der Waals surface area contributed by atoms with Gasteiger partial charge in [0.2, 0.25) is 0 Å². The summed E-state index contributed by atoms with van der Waals surface area (Å²) in [6.45, 7) is 13.1. The minimum atomic E-state index is 0.670. The van der Waals surface area contributed by atoms with Crippen molar-refractivity contribution < 1.29 is 4.74 Å². The molecule has 1 aromatic carbocycles. The minimum absolute atomic E-state index is 0.670. The highest BCUT2D eigenvalue weighted by Crippen LogP contribution is 2.20. The van der Waals surface area contributed by atoms with Gasteiger partial charge in [0, 0.05) is 12.1 Å². The zero-order valence-electron chi connectivity index (χ0n) is 14.0. The van der Waals surface area contributed by atoms with E-state index in [-0.39, 0.29) is 0 Å². The Bertz CT molecular complexity index is 412. The number of hydrogen-bond donors (Lipinski definition) is 1. The Morgan fingerprint density at radius 1 is 1.24 bits per heavy atom. The lowest BCUT2D eigenvalue weighted by Gasteiger charge is -2.14. The SMILES string of the molecule is C=CCCCCCOc1ccc(C)cc1CNCC(C)C. The maximum absolute atomic E-state index is 5.96. The van der Waals surface area contributed by atoms with Gasteiger partial charge in [-0.15, -0.1) is 6.58 Å². The molecular weight excluding hydrogens is 258 g/mol. The standard InChI is InChI=1S/C19H31NO/c1-5-6-7-8-9-12-21-19-11-10-17(4)13-18(19)15-20-14-16(2)3/h5,10-11,13,16,20H,1,6-9,12,14-15H2,2-4H3. The van der Waals surface area contributed by atoms with Crippen LogP contribution in [0.4, 0.5) is 0 Å². The number of nitrogens with one attached hydrogen (secondary N) is 1. The highest BCUT2D eigenvalue weighted by Gasteiger charge is 2.04. The van der Waals surface area contributed by atoms with E-state index in [2.05, 4.69) is 50.9 Å². The topological polar surface area (TPSA) is 21.3 Å². The van der Waals surface area contributed by atoms with E-state index in [9.17, 15) is 0 Å². The van der Waals surface area contributed by atoms with Crippen LogP contribution in [-0.2, 0) is 6.54 Å². The molecule has 2 heteroatoms. The van der Waals surface area contributed by atoms with E-state index in [0.717, 1.165) is 38.3 Å². The molecule has 0 unspecified atom stereocenters. The van der Waals surface area contributed by atoms with Crippen LogP contribution in [0.5, 0.6) is 5.75 Å². The number of ether oxygens (including phenoxy) is 1. The van der Waals surface area contributed by atoms with Gasteiger partial charge in [-0.1, -0.05) is 37.6 Å². The van der Waals surface area contributed by atoms with E-state index in [1.165, 1.54) is 24.0 Å². The number of unbranched alkanes of at least 4 members (excludes halogenated alkanes) is 3. The van der Waals surface area contributed by atoms with Gasteiger partial charge in [0.15, 0.2) is 0 Å². The predicted octanol–water partition coefficient (Wildman–Crippen LogP) is 4.87. The van der Waals surface area contributed by atoms with E-state index in [0.29, 0.717) is 5.92 Å². The van der Waals surface area contributed by atoms with Crippen LogP contribution in [0.1, 0.15) is 50.7 Å². The molecule has 0 radical (unpaired) electrons. The van der Waals surface area contributed by atoms with Gasteiger partial charge in [-0.2, -0.15) is 0 Å². The minimum Gasteiger partial charge on any atom is -0.493 e. The lowest BCUT2D eigenvalue weighted by Crippen LogP contribution is -2.19. The second-order valence-corrected chi connectivity index (χ2v) is 6.12. The fourth-order valence-corrected chi connectivity index (χ4v) is 2.23. The molecule has 0 fully saturated rings. The molecule has 0 spiro atoms. The van der Waals surface area contributed by atoms with Crippen LogP contribution in [-0.4, -0.2) is 13.2 Å². The predicted molar refractivity (Wildman–Crippen MR) is 91.9 cm³/mol. The van der Waals surface area contributed by atoms with Crippen molar-refractivity contribution in [2.75, 3.05) is 13.2 Å². The maximum Gasteiger partial charge on any atom is 0.123 e. The lowest BCUT2D eigenvalue weighted by atomic mass is 10.1. The van der Waals surface area contributed by atoms with Gasteiger partial charge >= 0.3 is 0 Å². The molecule has 0 heterocycles. The van der Waals surface area contributed by atoms with Gasteiger partial charge in [0.1, 0.15) is 5.75 Å². The molecular formula is C19H31NO. The number of benzene rings is 1. The van der Waals surface area contributed by atoms with Gasteiger partial charge in [-0.05, 0) is 51.1 Å². The first-order valence-corrected chi connectivity index (χ1v) is 8.17. The van der Waals surface area contributed by atoms with Crippen molar-refractivity contribution in [2.24, 2.45) is 5.92 Å². The van der Waals surface area contributed by atoms with Gasteiger partial charge in [-0.25, -0.2) is 0 Å². The molecule has 0 atom stereocenters. The van der Waals surface area contributed by atoms with Crippen LogP contribution < -0.4 is 10.1 Å². The maximum atomic E-state index is 5.96. The normalized spacial score (nSPS) is 10.9. The fourth-order valence-electron chi connectivity index (χ4n) is 2.23. The Hall–Kier alpha value is -1.28. The Labute approximate surface area is 130 Å². The second-order valence-electron chi connectivity index (χ2n) is 6.12. The Kier molecular flexibility index (Phi) is 8.84. The zero-order valence-corrected chi connectivity index (χ0v) is 14.0. The van der Waals surface area contributed by atoms with Crippen LogP contribution >= 0.6 is 0 Å². The largest absolute Gasteiger partial charge is 0.493 e. The molecule has 21 heavy (non-hydrogen) atoms. The summed E-state index contributed by atoms with van der Waals surface area (Å²) >= 11 is 0. The second kappa shape index (κ2) is 10.4. The molecule has 0 saturated heterocycles. The van der Waals surface area contributed by atoms with Crippen LogP contribution in [0.3, 0.4) is 0 Å². The molecule has 0 aliphatic heterocycles. The first-order chi connectivity index (χ1) is 10.1. The molecule has 1 aromatic rings. The van der Waals surface area contributed by atoms with Crippen molar-refractivity contribution in [2.45, 2.75) is 53.0 Å². The van der Waals surface area contributed by atoms with Gasteiger partial charge < -0.3 is 10.1 Å². The summed E-state index contributed by atoms with van der Waals surface area (Å²) in [5.41, 5.74) is 2.55. The van der Waals surface area contributed by atoms with E-state index in [1.54, 1.807) is 0 Å². The van der Waals surface area contributed by atoms with Gasteiger partial charge in [-0.3, -0.25) is 0 Å².